The molecule has 1 aromatic carbocycles. The molecule has 114 valence electrons. The number of nitrogens with one attached hydrogen (secondary N) is 1. The summed E-state index contributed by atoms with van der Waals surface area (Å²) in [6.45, 7) is 8.18. The molecular weight excluding hydrogens is 286 g/mol. The zero-order valence-electron chi connectivity index (χ0n) is 13.0. The van der Waals surface area contributed by atoms with Gasteiger partial charge in [0.15, 0.2) is 0 Å². The van der Waals surface area contributed by atoms with E-state index < -0.39 is 0 Å². The molecule has 0 spiro atoms. The highest BCUT2D eigenvalue weighted by Crippen LogP contribution is 2.38. The predicted molar refractivity (Wildman–Crippen MR) is 87.1 cm³/mol. The lowest BCUT2D eigenvalue weighted by atomic mass is 9.82. The van der Waals surface area contributed by atoms with E-state index in [1.165, 1.54) is 11.3 Å². The number of fused-ring (bicyclic) bond motifs is 1. The summed E-state index contributed by atoms with van der Waals surface area (Å²) in [5.41, 5.74) is 1.83. The van der Waals surface area contributed by atoms with Gasteiger partial charge in [0.2, 0.25) is 0 Å². The average molecular weight is 307 g/mol. The molecule has 0 radical (unpaired) electrons. The van der Waals surface area contributed by atoms with E-state index in [2.05, 4.69) is 31.1 Å². The van der Waals surface area contributed by atoms with E-state index in [0.717, 1.165) is 20.8 Å². The quantitative estimate of drug-likeness (QED) is 0.672. The number of benzene rings is 1. The van der Waals surface area contributed by atoms with Gasteiger partial charge >= 0.3 is 0 Å². The molecule has 5 nitrogen and oxygen atoms in total. The second kappa shape index (κ2) is 6.07. The first kappa shape index (κ1) is 15.9. The van der Waals surface area contributed by atoms with Gasteiger partial charge < -0.3 is 5.32 Å². The Morgan fingerprint density at radius 1 is 1.33 bits per heavy atom. The van der Waals surface area contributed by atoms with Gasteiger partial charge in [0.25, 0.3) is 5.69 Å². The third kappa shape index (κ3) is 3.06. The van der Waals surface area contributed by atoms with Crippen LogP contribution in [0, 0.1) is 23.0 Å². The number of likely N-dealkylation sites (N-methyl/N-ethyl adjacent to an activating group) is 1. The van der Waals surface area contributed by atoms with Crippen LogP contribution in [0.4, 0.5) is 5.69 Å². The molecule has 1 N–H and O–H groups in total. The topological polar surface area (TPSA) is 68.1 Å². The molecule has 1 heterocycles. The molecule has 0 amide bonds. The van der Waals surface area contributed by atoms with Gasteiger partial charge in [0.1, 0.15) is 0 Å². The van der Waals surface area contributed by atoms with Crippen molar-refractivity contribution in [2.45, 2.75) is 39.7 Å². The third-order valence-electron chi connectivity index (χ3n) is 3.91. The molecule has 2 unspecified atom stereocenters. The Hall–Kier alpha value is -1.53. The zero-order valence-corrected chi connectivity index (χ0v) is 13.8. The summed E-state index contributed by atoms with van der Waals surface area (Å²) in [6.07, 6.45) is 0. The van der Waals surface area contributed by atoms with Crippen LogP contribution in [0.3, 0.4) is 0 Å². The van der Waals surface area contributed by atoms with Crippen LogP contribution in [0.1, 0.15) is 37.3 Å². The lowest BCUT2D eigenvalue weighted by molar-refractivity contribution is -0.385. The monoisotopic (exact) mass is 307 g/mol. The highest BCUT2D eigenvalue weighted by Gasteiger charge is 2.29. The van der Waals surface area contributed by atoms with Crippen LogP contribution in [0.25, 0.3) is 10.2 Å². The van der Waals surface area contributed by atoms with Crippen LogP contribution in [0.15, 0.2) is 12.1 Å². The number of rotatable bonds is 5. The van der Waals surface area contributed by atoms with Crippen molar-refractivity contribution in [1.29, 1.82) is 0 Å². The van der Waals surface area contributed by atoms with Crippen molar-refractivity contribution in [2.24, 2.45) is 5.92 Å². The fourth-order valence-electron chi connectivity index (χ4n) is 2.90. The number of aryl methyl sites for hydroxylation is 1. The third-order valence-corrected chi connectivity index (χ3v) is 4.85. The van der Waals surface area contributed by atoms with E-state index in [0.29, 0.717) is 5.92 Å². The van der Waals surface area contributed by atoms with E-state index in [1.54, 1.807) is 6.07 Å². The second-order valence-electron chi connectivity index (χ2n) is 5.72. The lowest BCUT2D eigenvalue weighted by Crippen LogP contribution is -2.32. The fourth-order valence-corrected chi connectivity index (χ4v) is 3.75. The maximum absolute atomic E-state index is 11.5. The summed E-state index contributed by atoms with van der Waals surface area (Å²) >= 11 is 1.50. The van der Waals surface area contributed by atoms with Crippen LogP contribution in [-0.2, 0) is 0 Å². The van der Waals surface area contributed by atoms with Crippen LogP contribution in [-0.4, -0.2) is 23.0 Å². The molecule has 1 aromatic heterocycles. The molecule has 0 aliphatic rings. The van der Waals surface area contributed by atoms with E-state index in [1.807, 2.05) is 20.0 Å². The fraction of sp³-hybridized carbons (Fsp3) is 0.533. The lowest BCUT2D eigenvalue weighted by Gasteiger charge is -2.27. The van der Waals surface area contributed by atoms with E-state index >= 15 is 0 Å². The SMILES string of the molecule is CNC(C)C(c1cc2nc(C)sc2cc1[N+](=O)[O-])C(C)C. The summed E-state index contributed by atoms with van der Waals surface area (Å²) in [6, 6.07) is 3.73. The average Bonchev–Trinajstić information content (AvgIpc) is 2.76. The number of hydrogen-bond acceptors (Lipinski definition) is 5. The van der Waals surface area contributed by atoms with Gasteiger partial charge in [0, 0.05) is 23.6 Å². The maximum atomic E-state index is 11.5. The first-order chi connectivity index (χ1) is 9.85. The van der Waals surface area contributed by atoms with E-state index in [-0.39, 0.29) is 22.6 Å². The van der Waals surface area contributed by atoms with Crippen molar-refractivity contribution >= 4 is 27.2 Å². The smallest absolute Gasteiger partial charge is 0.274 e. The van der Waals surface area contributed by atoms with Gasteiger partial charge in [-0.15, -0.1) is 11.3 Å². The van der Waals surface area contributed by atoms with Crippen molar-refractivity contribution in [3.05, 3.63) is 32.8 Å². The Kier molecular flexibility index (Phi) is 4.58. The highest BCUT2D eigenvalue weighted by atomic mass is 32.1. The van der Waals surface area contributed by atoms with Crippen molar-refractivity contribution in [2.75, 3.05) is 7.05 Å². The first-order valence-corrected chi connectivity index (χ1v) is 7.89. The number of nitro benzene ring substituents is 1. The zero-order chi connectivity index (χ0) is 15.7. The largest absolute Gasteiger partial charge is 0.317 e. The van der Waals surface area contributed by atoms with Crippen molar-refractivity contribution in [1.82, 2.24) is 10.3 Å². The maximum Gasteiger partial charge on any atom is 0.274 e. The van der Waals surface area contributed by atoms with Crippen LogP contribution >= 0.6 is 11.3 Å². The van der Waals surface area contributed by atoms with Crippen molar-refractivity contribution in [3.8, 4) is 0 Å². The molecule has 0 saturated carbocycles. The number of nitrogens with zero attached hydrogens (tertiary/aromatic N) is 2. The molecule has 0 bridgehead atoms. The van der Waals surface area contributed by atoms with E-state index in [9.17, 15) is 10.1 Å². The molecular formula is C15H21N3O2S. The number of hydrogen-bond donors (Lipinski definition) is 1. The molecule has 21 heavy (non-hydrogen) atoms. The van der Waals surface area contributed by atoms with Gasteiger partial charge in [-0.05, 0) is 32.9 Å². The standard InChI is InChI=1S/C15H21N3O2S/c1-8(2)15(9(3)16-5)11-6-12-14(21-10(4)17-12)7-13(11)18(19)20/h6-9,15-16H,1-5H3. The molecule has 0 aliphatic carbocycles. The van der Waals surface area contributed by atoms with Gasteiger partial charge in [0.05, 0.1) is 20.1 Å². The molecule has 2 atom stereocenters. The first-order valence-electron chi connectivity index (χ1n) is 7.07. The minimum Gasteiger partial charge on any atom is -0.317 e. The van der Waals surface area contributed by atoms with Gasteiger partial charge in [-0.25, -0.2) is 4.98 Å². The van der Waals surface area contributed by atoms with Crippen molar-refractivity contribution in [3.63, 3.8) is 0 Å². The minimum atomic E-state index is -0.276. The molecule has 6 heteroatoms. The highest BCUT2D eigenvalue weighted by molar-refractivity contribution is 7.18. The molecule has 0 fully saturated rings. The molecule has 2 aromatic rings. The summed E-state index contributed by atoms with van der Waals surface area (Å²) in [5, 5.41) is 15.6. The Bertz CT molecular complexity index is 666. The second-order valence-corrected chi connectivity index (χ2v) is 6.95. The Labute approximate surface area is 128 Å². The summed E-state index contributed by atoms with van der Waals surface area (Å²) in [7, 11) is 1.89. The predicted octanol–water partition coefficient (Wildman–Crippen LogP) is 3.86. The summed E-state index contributed by atoms with van der Waals surface area (Å²) in [5.74, 6) is 0.366. The molecule has 0 saturated heterocycles. The number of nitro groups is 1. The minimum absolute atomic E-state index is 0.0711. The summed E-state index contributed by atoms with van der Waals surface area (Å²) < 4.78 is 0.877. The Balaban J connectivity index is 2.68. The molecule has 0 aliphatic heterocycles. The van der Waals surface area contributed by atoms with Gasteiger partial charge in [-0.1, -0.05) is 13.8 Å². The van der Waals surface area contributed by atoms with Gasteiger partial charge in [-0.3, -0.25) is 10.1 Å². The van der Waals surface area contributed by atoms with Crippen LogP contribution < -0.4 is 5.32 Å². The summed E-state index contributed by atoms with van der Waals surface area (Å²) in [4.78, 5) is 15.7. The van der Waals surface area contributed by atoms with Crippen molar-refractivity contribution < 1.29 is 4.92 Å². The Morgan fingerprint density at radius 2 is 2.00 bits per heavy atom. The van der Waals surface area contributed by atoms with Gasteiger partial charge in [-0.2, -0.15) is 0 Å². The van der Waals surface area contributed by atoms with Crippen LogP contribution in [0.5, 0.6) is 0 Å². The van der Waals surface area contributed by atoms with E-state index in [4.69, 9.17) is 0 Å². The number of aromatic nitrogens is 1. The molecule has 2 rings (SSSR count). The van der Waals surface area contributed by atoms with Crippen LogP contribution in [0.2, 0.25) is 0 Å². The number of thiazole rings is 1. The Morgan fingerprint density at radius 3 is 2.52 bits per heavy atom. The normalized spacial score (nSPS) is 14.6.